The van der Waals surface area contributed by atoms with Crippen LogP contribution >= 0.6 is 0 Å². The number of aromatic amines is 1. The van der Waals surface area contributed by atoms with Gasteiger partial charge in [-0.25, -0.2) is 9.97 Å². The Morgan fingerprint density at radius 1 is 1.24 bits per heavy atom. The number of rotatable bonds is 3. The average Bonchev–Trinajstić information content (AvgIpc) is 3.40. The van der Waals surface area contributed by atoms with Gasteiger partial charge in [-0.05, 0) is 37.7 Å². The largest absolute Gasteiger partial charge is 0.381 e. The number of nitrogens with one attached hydrogen (secondary N) is 1. The smallest absolute Gasteiger partial charge is 0.225 e. The Labute approximate surface area is 170 Å². The SMILES string of the molecule is CO[C@@H]1CCC[C@H](C(=O)N2CC[C@@H](C)C(c3ncc4cnc5[nH]ccc5n34)C2)C1. The van der Waals surface area contributed by atoms with E-state index in [1.807, 2.05) is 24.7 Å². The Kier molecular flexibility index (Phi) is 4.78. The Hall–Kier alpha value is -2.41. The minimum absolute atomic E-state index is 0.0976. The van der Waals surface area contributed by atoms with E-state index in [2.05, 4.69) is 26.2 Å². The molecule has 1 aliphatic carbocycles. The topological polar surface area (TPSA) is 75.5 Å². The van der Waals surface area contributed by atoms with E-state index < -0.39 is 0 Å². The molecule has 2 fully saturated rings. The first-order valence-corrected chi connectivity index (χ1v) is 10.8. The molecule has 1 aliphatic heterocycles. The second kappa shape index (κ2) is 7.44. The lowest BCUT2D eigenvalue weighted by atomic mass is 9.83. The maximum absolute atomic E-state index is 13.3. The Bertz CT molecular complexity index is 1020. The van der Waals surface area contributed by atoms with Gasteiger partial charge in [-0.1, -0.05) is 13.3 Å². The lowest BCUT2D eigenvalue weighted by molar-refractivity contribution is -0.140. The number of likely N-dealkylation sites (tertiary alicyclic amines) is 1. The average molecular weight is 396 g/mol. The third-order valence-electron chi connectivity index (χ3n) is 7.00. The van der Waals surface area contributed by atoms with Gasteiger partial charge in [0.25, 0.3) is 0 Å². The maximum atomic E-state index is 13.3. The van der Waals surface area contributed by atoms with Gasteiger partial charge in [-0.2, -0.15) is 0 Å². The molecule has 0 spiro atoms. The number of nitrogens with zero attached hydrogens (tertiary/aromatic N) is 4. The molecule has 1 unspecified atom stereocenters. The van der Waals surface area contributed by atoms with E-state index in [-0.39, 0.29) is 17.9 Å². The van der Waals surface area contributed by atoms with Gasteiger partial charge in [0.05, 0.1) is 29.5 Å². The van der Waals surface area contributed by atoms with Crippen LogP contribution in [0.25, 0.3) is 16.7 Å². The van der Waals surface area contributed by atoms with Gasteiger partial charge >= 0.3 is 0 Å². The Morgan fingerprint density at radius 2 is 2.10 bits per heavy atom. The van der Waals surface area contributed by atoms with Crippen LogP contribution in [0.15, 0.2) is 24.7 Å². The van der Waals surface area contributed by atoms with Crippen LogP contribution in [0, 0.1) is 11.8 Å². The molecule has 0 aromatic carbocycles. The van der Waals surface area contributed by atoms with Crippen molar-refractivity contribution in [3.63, 3.8) is 0 Å². The zero-order valence-electron chi connectivity index (χ0n) is 17.2. The molecule has 5 rings (SSSR count). The number of imidazole rings is 1. The zero-order valence-corrected chi connectivity index (χ0v) is 17.2. The van der Waals surface area contributed by atoms with Gasteiger partial charge < -0.3 is 14.6 Å². The first-order chi connectivity index (χ1) is 14.2. The molecule has 1 saturated carbocycles. The number of amides is 1. The lowest BCUT2D eigenvalue weighted by Gasteiger charge is -2.39. The summed E-state index contributed by atoms with van der Waals surface area (Å²) in [6.45, 7) is 3.86. The summed E-state index contributed by atoms with van der Waals surface area (Å²) in [5.74, 6) is 2.14. The summed E-state index contributed by atoms with van der Waals surface area (Å²) in [5, 5.41) is 0. The van der Waals surface area contributed by atoms with Crippen LogP contribution in [0.3, 0.4) is 0 Å². The number of piperidine rings is 1. The molecule has 3 aromatic heterocycles. The van der Waals surface area contributed by atoms with Crippen LogP contribution in [0.2, 0.25) is 0 Å². The monoisotopic (exact) mass is 395 g/mol. The highest BCUT2D eigenvalue weighted by molar-refractivity contribution is 5.79. The van der Waals surface area contributed by atoms with Crippen molar-refractivity contribution in [2.45, 2.75) is 51.0 Å². The molecule has 1 N–H and O–H groups in total. The first-order valence-electron chi connectivity index (χ1n) is 10.8. The molecule has 154 valence electrons. The molecule has 1 saturated heterocycles. The fraction of sp³-hybridized carbons (Fsp3) is 0.591. The molecule has 3 aromatic rings. The normalized spacial score (nSPS) is 28.3. The van der Waals surface area contributed by atoms with Crippen LogP contribution in [-0.2, 0) is 9.53 Å². The predicted molar refractivity (Wildman–Crippen MR) is 111 cm³/mol. The maximum Gasteiger partial charge on any atom is 0.225 e. The molecule has 0 bridgehead atoms. The predicted octanol–water partition coefficient (Wildman–Crippen LogP) is 3.37. The summed E-state index contributed by atoms with van der Waals surface area (Å²) >= 11 is 0. The van der Waals surface area contributed by atoms with E-state index in [1.54, 1.807) is 7.11 Å². The van der Waals surface area contributed by atoms with Crippen LogP contribution in [0.5, 0.6) is 0 Å². The number of aromatic nitrogens is 4. The summed E-state index contributed by atoms with van der Waals surface area (Å²) in [6, 6.07) is 2.05. The van der Waals surface area contributed by atoms with Crippen molar-refractivity contribution in [3.8, 4) is 0 Å². The van der Waals surface area contributed by atoms with Gasteiger partial charge in [-0.3, -0.25) is 9.20 Å². The summed E-state index contributed by atoms with van der Waals surface area (Å²) < 4.78 is 7.75. The number of carbonyl (C=O) groups excluding carboxylic acids is 1. The van der Waals surface area contributed by atoms with E-state index >= 15 is 0 Å². The van der Waals surface area contributed by atoms with Gasteiger partial charge in [-0.15, -0.1) is 0 Å². The van der Waals surface area contributed by atoms with E-state index in [1.165, 1.54) is 0 Å². The fourth-order valence-electron chi connectivity index (χ4n) is 5.21. The van der Waals surface area contributed by atoms with Crippen molar-refractivity contribution >= 4 is 22.6 Å². The highest BCUT2D eigenvalue weighted by Gasteiger charge is 2.36. The molecule has 4 heterocycles. The zero-order chi connectivity index (χ0) is 20.0. The van der Waals surface area contributed by atoms with E-state index in [0.29, 0.717) is 11.8 Å². The van der Waals surface area contributed by atoms with Crippen molar-refractivity contribution < 1.29 is 9.53 Å². The third kappa shape index (κ3) is 3.21. The highest BCUT2D eigenvalue weighted by atomic mass is 16.5. The number of hydrogen-bond acceptors (Lipinski definition) is 4. The molecular formula is C22H29N5O2. The lowest BCUT2D eigenvalue weighted by Crippen LogP contribution is -2.46. The van der Waals surface area contributed by atoms with Gasteiger partial charge in [0, 0.05) is 38.2 Å². The van der Waals surface area contributed by atoms with E-state index in [0.717, 1.165) is 67.7 Å². The standard InChI is InChI=1S/C22H29N5O2/c1-14-7-9-26(22(28)15-4-3-5-17(10-15)29-2)13-18(14)21-25-12-16-11-24-20-19(27(16)21)6-8-23-20/h6,8,11-12,14-15,17-18,23H,3-5,7,9-10,13H2,1-2H3/t14-,15+,17-,18?/m1/s1. The van der Waals surface area contributed by atoms with Gasteiger partial charge in [0.2, 0.25) is 5.91 Å². The molecule has 7 heteroatoms. The van der Waals surface area contributed by atoms with E-state index in [9.17, 15) is 4.79 Å². The minimum Gasteiger partial charge on any atom is -0.381 e. The first kappa shape index (κ1) is 18.6. The van der Waals surface area contributed by atoms with Crippen LogP contribution in [0.4, 0.5) is 0 Å². The summed E-state index contributed by atoms with van der Waals surface area (Å²) in [4.78, 5) is 27.8. The number of H-pyrrole nitrogens is 1. The molecule has 29 heavy (non-hydrogen) atoms. The molecule has 0 radical (unpaired) electrons. The van der Waals surface area contributed by atoms with Crippen molar-refractivity contribution in [2.24, 2.45) is 11.8 Å². The van der Waals surface area contributed by atoms with Crippen molar-refractivity contribution in [3.05, 3.63) is 30.5 Å². The second-order valence-corrected chi connectivity index (χ2v) is 8.72. The highest BCUT2D eigenvalue weighted by Crippen LogP contribution is 2.35. The molecular weight excluding hydrogens is 366 g/mol. The van der Waals surface area contributed by atoms with Crippen LogP contribution < -0.4 is 0 Å². The number of hydrogen-bond donors (Lipinski definition) is 1. The number of carbonyl (C=O) groups is 1. The fourth-order valence-corrected chi connectivity index (χ4v) is 5.21. The van der Waals surface area contributed by atoms with Crippen molar-refractivity contribution in [1.29, 1.82) is 0 Å². The quantitative estimate of drug-likeness (QED) is 0.738. The van der Waals surface area contributed by atoms with E-state index in [4.69, 9.17) is 9.72 Å². The van der Waals surface area contributed by atoms with Crippen molar-refractivity contribution in [1.82, 2.24) is 24.3 Å². The summed E-state index contributed by atoms with van der Waals surface area (Å²) in [5.41, 5.74) is 2.90. The molecule has 4 atom stereocenters. The summed E-state index contributed by atoms with van der Waals surface area (Å²) in [7, 11) is 1.76. The van der Waals surface area contributed by atoms with Crippen molar-refractivity contribution in [2.75, 3.05) is 20.2 Å². The van der Waals surface area contributed by atoms with Crippen LogP contribution in [-0.4, -0.2) is 56.5 Å². The molecule has 7 nitrogen and oxygen atoms in total. The molecule has 2 aliphatic rings. The Morgan fingerprint density at radius 3 is 2.97 bits per heavy atom. The number of ether oxygens (including phenoxy) is 1. The number of fused-ring (bicyclic) bond motifs is 3. The molecule has 1 amide bonds. The second-order valence-electron chi connectivity index (χ2n) is 8.72. The minimum atomic E-state index is 0.0976. The number of methoxy groups -OCH3 is 1. The third-order valence-corrected chi connectivity index (χ3v) is 7.00. The Balaban J connectivity index is 1.43. The van der Waals surface area contributed by atoms with Gasteiger partial charge in [0.15, 0.2) is 5.65 Å². The van der Waals surface area contributed by atoms with Gasteiger partial charge in [0.1, 0.15) is 5.82 Å². The summed E-state index contributed by atoms with van der Waals surface area (Å²) in [6.07, 6.45) is 10.9. The van der Waals surface area contributed by atoms with Crippen LogP contribution in [0.1, 0.15) is 50.8 Å².